The van der Waals surface area contributed by atoms with Gasteiger partial charge in [-0.05, 0) is 32.9 Å². The summed E-state index contributed by atoms with van der Waals surface area (Å²) in [6.45, 7) is 8.48. The van der Waals surface area contributed by atoms with Crippen LogP contribution in [0.2, 0.25) is 0 Å². The molecule has 0 unspecified atom stereocenters. The summed E-state index contributed by atoms with van der Waals surface area (Å²) < 4.78 is 6.96. The molecule has 1 aliphatic rings. The molecule has 3 aromatic rings. The van der Waals surface area contributed by atoms with Gasteiger partial charge >= 0.3 is 0 Å². The lowest BCUT2D eigenvalue weighted by Crippen LogP contribution is -2.49. The summed E-state index contributed by atoms with van der Waals surface area (Å²) in [4.78, 5) is 30.1. The number of nitrogens with zero attached hydrogens (tertiary/aromatic N) is 7. The number of anilines is 1. The molecule has 4 heterocycles. The molecule has 0 aliphatic carbocycles. The Labute approximate surface area is 175 Å². The zero-order chi connectivity index (χ0) is 21.3. The Morgan fingerprint density at radius 2 is 1.73 bits per heavy atom. The van der Waals surface area contributed by atoms with E-state index in [-0.39, 0.29) is 5.91 Å². The number of carbonyl (C=O) groups excluding carboxylic acids is 1. The van der Waals surface area contributed by atoms with Gasteiger partial charge in [0.05, 0.1) is 12.8 Å². The van der Waals surface area contributed by atoms with E-state index in [1.165, 1.54) is 0 Å². The largest absolute Gasteiger partial charge is 0.481 e. The molecule has 3 aromatic heterocycles. The molecule has 0 spiro atoms. The van der Waals surface area contributed by atoms with Gasteiger partial charge in [-0.15, -0.1) is 0 Å². The van der Waals surface area contributed by atoms with Crippen LogP contribution >= 0.6 is 0 Å². The molecular formula is C21H25N7O2. The second-order valence-corrected chi connectivity index (χ2v) is 7.34. The van der Waals surface area contributed by atoms with E-state index in [1.54, 1.807) is 25.4 Å². The van der Waals surface area contributed by atoms with Crippen LogP contribution in [0.5, 0.6) is 5.88 Å². The molecule has 4 rings (SSSR count). The minimum absolute atomic E-state index is 0.0162. The maximum atomic E-state index is 12.8. The third-order valence-corrected chi connectivity index (χ3v) is 5.12. The lowest BCUT2D eigenvalue weighted by molar-refractivity contribution is 0.0746. The Morgan fingerprint density at radius 1 is 1.00 bits per heavy atom. The number of aromatic nitrogens is 5. The zero-order valence-electron chi connectivity index (χ0n) is 17.7. The fraction of sp³-hybridized carbons (Fsp3) is 0.381. The molecular weight excluding hydrogens is 382 g/mol. The Kier molecular flexibility index (Phi) is 5.35. The van der Waals surface area contributed by atoms with Crippen molar-refractivity contribution in [2.45, 2.75) is 20.8 Å². The van der Waals surface area contributed by atoms with Gasteiger partial charge in [0.1, 0.15) is 11.6 Å². The first kappa shape index (κ1) is 19.8. The molecule has 1 saturated heterocycles. The van der Waals surface area contributed by atoms with Crippen molar-refractivity contribution in [1.29, 1.82) is 0 Å². The van der Waals surface area contributed by atoms with Crippen molar-refractivity contribution in [2.75, 3.05) is 38.2 Å². The number of hydrogen-bond acceptors (Lipinski definition) is 7. The second-order valence-electron chi connectivity index (χ2n) is 7.34. The van der Waals surface area contributed by atoms with Crippen molar-refractivity contribution in [1.82, 2.24) is 29.6 Å². The number of amides is 1. The summed E-state index contributed by atoms with van der Waals surface area (Å²) >= 11 is 0. The predicted octanol–water partition coefficient (Wildman–Crippen LogP) is 1.95. The summed E-state index contributed by atoms with van der Waals surface area (Å²) in [5, 5.41) is 4.53. The monoisotopic (exact) mass is 407 g/mol. The van der Waals surface area contributed by atoms with Crippen molar-refractivity contribution < 1.29 is 9.53 Å². The van der Waals surface area contributed by atoms with Crippen LogP contribution in [0.3, 0.4) is 0 Å². The molecule has 156 valence electrons. The fourth-order valence-electron chi connectivity index (χ4n) is 3.64. The summed E-state index contributed by atoms with van der Waals surface area (Å²) in [6.07, 6.45) is 1.59. The molecule has 0 N–H and O–H groups in total. The van der Waals surface area contributed by atoms with Crippen LogP contribution in [0.15, 0.2) is 30.5 Å². The lowest BCUT2D eigenvalue weighted by atomic mass is 10.2. The van der Waals surface area contributed by atoms with Gasteiger partial charge in [0.15, 0.2) is 5.82 Å². The van der Waals surface area contributed by atoms with E-state index in [1.807, 2.05) is 42.5 Å². The van der Waals surface area contributed by atoms with Crippen molar-refractivity contribution in [2.24, 2.45) is 0 Å². The van der Waals surface area contributed by atoms with Gasteiger partial charge < -0.3 is 14.5 Å². The van der Waals surface area contributed by atoms with E-state index in [0.717, 1.165) is 23.0 Å². The third-order valence-electron chi connectivity index (χ3n) is 5.12. The number of ether oxygens (including phenoxy) is 1. The Hall–Kier alpha value is -3.49. The highest BCUT2D eigenvalue weighted by molar-refractivity contribution is 5.94. The first-order chi connectivity index (χ1) is 14.4. The summed E-state index contributed by atoms with van der Waals surface area (Å²) in [5.41, 5.74) is 2.56. The highest BCUT2D eigenvalue weighted by Crippen LogP contribution is 2.20. The third kappa shape index (κ3) is 3.96. The number of rotatable bonds is 4. The van der Waals surface area contributed by atoms with Gasteiger partial charge in [-0.3, -0.25) is 4.79 Å². The average Bonchev–Trinajstić information content (AvgIpc) is 3.11. The van der Waals surface area contributed by atoms with Gasteiger partial charge in [0.2, 0.25) is 5.88 Å². The van der Waals surface area contributed by atoms with Crippen LogP contribution in [0, 0.1) is 20.8 Å². The second kappa shape index (κ2) is 8.10. The number of piperazine rings is 1. The first-order valence-electron chi connectivity index (χ1n) is 9.88. The molecule has 0 saturated carbocycles. The van der Waals surface area contributed by atoms with Crippen LogP contribution in [-0.2, 0) is 0 Å². The summed E-state index contributed by atoms with van der Waals surface area (Å²) in [5.74, 6) is 2.72. The van der Waals surface area contributed by atoms with E-state index in [9.17, 15) is 4.79 Å². The summed E-state index contributed by atoms with van der Waals surface area (Å²) in [6, 6.07) is 7.36. The van der Waals surface area contributed by atoms with Crippen LogP contribution < -0.4 is 9.64 Å². The van der Waals surface area contributed by atoms with E-state index in [4.69, 9.17) is 4.74 Å². The van der Waals surface area contributed by atoms with Crippen LogP contribution in [0.25, 0.3) is 5.82 Å². The molecule has 0 radical (unpaired) electrons. The van der Waals surface area contributed by atoms with Crippen LogP contribution in [0.1, 0.15) is 27.6 Å². The van der Waals surface area contributed by atoms with Crippen molar-refractivity contribution in [3.05, 3.63) is 53.2 Å². The van der Waals surface area contributed by atoms with Gasteiger partial charge in [-0.25, -0.2) is 19.6 Å². The van der Waals surface area contributed by atoms with Crippen molar-refractivity contribution in [3.63, 3.8) is 0 Å². The zero-order valence-corrected chi connectivity index (χ0v) is 17.7. The fourth-order valence-corrected chi connectivity index (χ4v) is 3.64. The quantitative estimate of drug-likeness (QED) is 0.653. The highest BCUT2D eigenvalue weighted by Gasteiger charge is 2.24. The molecule has 0 bridgehead atoms. The smallest absolute Gasteiger partial charge is 0.254 e. The van der Waals surface area contributed by atoms with Gasteiger partial charge in [-0.2, -0.15) is 5.10 Å². The summed E-state index contributed by atoms with van der Waals surface area (Å²) in [7, 11) is 1.54. The topological polar surface area (TPSA) is 89.3 Å². The maximum Gasteiger partial charge on any atom is 0.254 e. The SMILES string of the molecule is COc1cc(C(=O)N2CCN(c3cc(-n4nc(C)cc4C)nc(C)n3)CC2)ccn1. The molecule has 1 aliphatic heterocycles. The standard InChI is InChI=1S/C21H25N7O2/c1-14-11-15(2)28(25-14)19-13-18(23-16(3)24-19)26-7-9-27(10-8-26)21(29)17-5-6-22-20(12-17)30-4/h5-6,11-13H,7-10H2,1-4H3. The number of aryl methyl sites for hydroxylation is 3. The molecule has 9 nitrogen and oxygen atoms in total. The predicted molar refractivity (Wildman–Crippen MR) is 112 cm³/mol. The van der Waals surface area contributed by atoms with Crippen molar-refractivity contribution >= 4 is 11.7 Å². The molecule has 30 heavy (non-hydrogen) atoms. The van der Waals surface area contributed by atoms with Crippen LogP contribution in [0.4, 0.5) is 5.82 Å². The van der Waals surface area contributed by atoms with Gasteiger partial charge in [0.25, 0.3) is 5.91 Å². The Morgan fingerprint density at radius 3 is 2.40 bits per heavy atom. The van der Waals surface area contributed by atoms with E-state index < -0.39 is 0 Å². The molecule has 0 atom stereocenters. The maximum absolute atomic E-state index is 12.8. The normalized spacial score (nSPS) is 14.1. The van der Waals surface area contributed by atoms with Crippen molar-refractivity contribution in [3.8, 4) is 11.7 Å². The van der Waals surface area contributed by atoms with E-state index >= 15 is 0 Å². The lowest BCUT2D eigenvalue weighted by Gasteiger charge is -2.35. The number of hydrogen-bond donors (Lipinski definition) is 0. The first-order valence-corrected chi connectivity index (χ1v) is 9.88. The van der Waals surface area contributed by atoms with E-state index in [2.05, 4.69) is 25.0 Å². The highest BCUT2D eigenvalue weighted by atomic mass is 16.5. The van der Waals surface area contributed by atoms with Crippen LogP contribution in [-0.4, -0.2) is 68.8 Å². The minimum Gasteiger partial charge on any atom is -0.481 e. The van der Waals surface area contributed by atoms with Gasteiger partial charge in [0, 0.05) is 55.8 Å². The molecule has 1 amide bonds. The number of methoxy groups -OCH3 is 1. The number of carbonyl (C=O) groups is 1. The Bertz CT molecular complexity index is 1070. The van der Waals surface area contributed by atoms with E-state index in [0.29, 0.717) is 43.4 Å². The molecule has 9 heteroatoms. The number of pyridine rings is 1. The molecule has 1 fully saturated rings. The average molecular weight is 407 g/mol. The minimum atomic E-state index is -0.0162. The molecule has 0 aromatic carbocycles. The van der Waals surface area contributed by atoms with Gasteiger partial charge in [-0.1, -0.05) is 0 Å². The Balaban J connectivity index is 1.49.